The van der Waals surface area contributed by atoms with Crippen molar-refractivity contribution >= 4 is 21.6 Å². The van der Waals surface area contributed by atoms with Crippen molar-refractivity contribution in [1.82, 2.24) is 4.31 Å². The molecule has 1 N–H and O–H groups in total. The Kier molecular flexibility index (Phi) is 7.84. The Morgan fingerprint density at radius 2 is 2.00 bits per heavy atom. The van der Waals surface area contributed by atoms with E-state index in [1.165, 1.54) is 12.3 Å². The Bertz CT molecular complexity index is 1240. The lowest BCUT2D eigenvalue weighted by atomic mass is 10.2. The number of anilines is 1. The number of rotatable bonds is 10. The van der Waals surface area contributed by atoms with Crippen LogP contribution in [0.3, 0.4) is 0 Å². The van der Waals surface area contributed by atoms with Crippen LogP contribution in [0.25, 0.3) is 0 Å². The molecule has 0 aliphatic carbocycles. The number of nitrogens with one attached hydrogen (secondary N) is 1. The first-order valence-corrected chi connectivity index (χ1v) is 12.8. The Balaban J connectivity index is 1.58. The van der Waals surface area contributed by atoms with Gasteiger partial charge in [-0.05, 0) is 74.4 Å². The first kappa shape index (κ1) is 24.9. The monoisotopic (exact) mass is 502 g/mol. The Labute approximate surface area is 203 Å². The van der Waals surface area contributed by atoms with Gasteiger partial charge in [-0.15, -0.1) is 0 Å². The van der Waals surface area contributed by atoms with Gasteiger partial charge in [-0.2, -0.15) is 4.31 Å². The maximum Gasteiger partial charge on any atom is 0.255 e. The number of nitrogens with zero attached hydrogens (tertiary/aromatic N) is 1. The SMILES string of the molecule is CCOc1ccc(NC(=O)c2ccc(F)c(S(=O)(=O)N(Cc3ccco3)CC3CCCO3)c2)cc1. The number of amides is 1. The summed E-state index contributed by atoms with van der Waals surface area (Å²) in [5.74, 6) is -0.443. The van der Waals surface area contributed by atoms with E-state index in [9.17, 15) is 17.6 Å². The van der Waals surface area contributed by atoms with Crippen molar-refractivity contribution in [3.05, 3.63) is 78.0 Å². The molecule has 4 rings (SSSR count). The molecule has 1 unspecified atom stereocenters. The van der Waals surface area contributed by atoms with Crippen molar-refractivity contribution in [3.8, 4) is 5.75 Å². The number of hydrogen-bond donors (Lipinski definition) is 1. The summed E-state index contributed by atoms with van der Waals surface area (Å²) >= 11 is 0. The van der Waals surface area contributed by atoms with Crippen LogP contribution < -0.4 is 10.1 Å². The summed E-state index contributed by atoms with van der Waals surface area (Å²) in [6, 6.07) is 13.3. The first-order valence-electron chi connectivity index (χ1n) is 11.3. The normalized spacial score (nSPS) is 15.9. The summed E-state index contributed by atoms with van der Waals surface area (Å²) in [4.78, 5) is 12.2. The van der Waals surface area contributed by atoms with Crippen LogP contribution in [0.5, 0.6) is 5.75 Å². The molecular formula is C25H27FN2O6S. The standard InChI is InChI=1S/C25H27FN2O6S/c1-2-32-20-10-8-19(9-11-20)27-25(29)18-7-12-23(26)24(15-18)35(30,31)28(16-21-5-3-13-33-21)17-22-6-4-14-34-22/h3,5,7-13,15,22H,2,4,6,14,16-17H2,1H3,(H,27,29). The summed E-state index contributed by atoms with van der Waals surface area (Å²) in [5.41, 5.74) is 0.499. The number of sulfonamides is 1. The highest BCUT2D eigenvalue weighted by Gasteiger charge is 2.32. The molecule has 35 heavy (non-hydrogen) atoms. The summed E-state index contributed by atoms with van der Waals surface area (Å²) < 4.78 is 59.4. The van der Waals surface area contributed by atoms with Gasteiger partial charge in [-0.25, -0.2) is 12.8 Å². The van der Waals surface area contributed by atoms with Gasteiger partial charge < -0.3 is 19.2 Å². The fourth-order valence-corrected chi connectivity index (χ4v) is 5.35. The minimum Gasteiger partial charge on any atom is -0.494 e. The summed E-state index contributed by atoms with van der Waals surface area (Å²) in [6.07, 6.45) is 2.68. The molecule has 1 aliphatic heterocycles. The summed E-state index contributed by atoms with van der Waals surface area (Å²) in [7, 11) is -4.31. The van der Waals surface area contributed by atoms with Crippen LogP contribution in [0.15, 0.2) is 70.2 Å². The van der Waals surface area contributed by atoms with Crippen LogP contribution in [0, 0.1) is 5.82 Å². The fraction of sp³-hybridized carbons (Fsp3) is 0.320. The number of carbonyl (C=O) groups is 1. The van der Waals surface area contributed by atoms with Gasteiger partial charge in [-0.3, -0.25) is 4.79 Å². The second-order valence-corrected chi connectivity index (χ2v) is 9.98. The smallest absolute Gasteiger partial charge is 0.255 e. The maximum absolute atomic E-state index is 14.8. The molecule has 3 aromatic rings. The van der Waals surface area contributed by atoms with Gasteiger partial charge in [0, 0.05) is 24.4 Å². The zero-order chi connectivity index (χ0) is 24.8. The highest BCUT2D eigenvalue weighted by molar-refractivity contribution is 7.89. The van der Waals surface area contributed by atoms with Crippen molar-refractivity contribution in [2.24, 2.45) is 0 Å². The molecule has 1 atom stereocenters. The van der Waals surface area contributed by atoms with Crippen molar-refractivity contribution in [1.29, 1.82) is 0 Å². The molecule has 1 fully saturated rings. The van der Waals surface area contributed by atoms with E-state index in [1.807, 2.05) is 6.92 Å². The average molecular weight is 503 g/mol. The van der Waals surface area contributed by atoms with Crippen LogP contribution in [-0.2, 0) is 21.3 Å². The first-order chi connectivity index (χ1) is 16.9. The van der Waals surface area contributed by atoms with Gasteiger partial charge in [-0.1, -0.05) is 0 Å². The van der Waals surface area contributed by atoms with Crippen LogP contribution in [0.2, 0.25) is 0 Å². The summed E-state index contributed by atoms with van der Waals surface area (Å²) in [6.45, 7) is 2.89. The van der Waals surface area contributed by atoms with Gasteiger partial charge in [0.1, 0.15) is 22.2 Å². The molecule has 1 aromatic heterocycles. The van der Waals surface area contributed by atoms with Crippen molar-refractivity contribution < 1.29 is 31.5 Å². The van der Waals surface area contributed by atoms with E-state index in [1.54, 1.807) is 36.4 Å². The Morgan fingerprint density at radius 1 is 1.20 bits per heavy atom. The average Bonchev–Trinajstić information content (AvgIpc) is 3.55. The molecule has 1 amide bonds. The number of hydrogen-bond acceptors (Lipinski definition) is 6. The van der Waals surface area contributed by atoms with Gasteiger partial charge >= 0.3 is 0 Å². The molecule has 1 saturated heterocycles. The van der Waals surface area contributed by atoms with E-state index < -0.39 is 26.6 Å². The lowest BCUT2D eigenvalue weighted by Gasteiger charge is -2.24. The third-order valence-electron chi connectivity index (χ3n) is 5.58. The summed E-state index contributed by atoms with van der Waals surface area (Å²) in [5, 5.41) is 2.69. The molecule has 0 saturated carbocycles. The molecule has 8 nitrogen and oxygen atoms in total. The van der Waals surface area contributed by atoms with E-state index >= 15 is 0 Å². The minimum absolute atomic E-state index is 0.00826. The van der Waals surface area contributed by atoms with Crippen molar-refractivity contribution in [3.63, 3.8) is 0 Å². The third kappa shape index (κ3) is 6.08. The number of ether oxygens (including phenoxy) is 2. The second-order valence-electron chi connectivity index (χ2n) is 8.07. The fourth-order valence-electron chi connectivity index (χ4n) is 3.83. The van der Waals surface area contributed by atoms with Crippen molar-refractivity contribution in [2.45, 2.75) is 37.3 Å². The lowest BCUT2D eigenvalue weighted by Crippen LogP contribution is -2.37. The van der Waals surface area contributed by atoms with E-state index in [0.29, 0.717) is 36.8 Å². The number of furan rings is 1. The van der Waals surface area contributed by atoms with E-state index in [-0.39, 0.29) is 24.8 Å². The Hall–Kier alpha value is -3.21. The van der Waals surface area contributed by atoms with Crippen LogP contribution in [0.1, 0.15) is 35.9 Å². The number of halogens is 1. The largest absolute Gasteiger partial charge is 0.494 e. The van der Waals surface area contributed by atoms with Gasteiger partial charge in [0.15, 0.2) is 0 Å². The Morgan fingerprint density at radius 3 is 2.66 bits per heavy atom. The zero-order valence-corrected chi connectivity index (χ0v) is 20.1. The maximum atomic E-state index is 14.8. The highest BCUT2D eigenvalue weighted by Crippen LogP contribution is 2.26. The predicted octanol–water partition coefficient (Wildman–Crippen LogP) is 4.44. The molecule has 0 bridgehead atoms. The molecule has 10 heteroatoms. The topological polar surface area (TPSA) is 98.1 Å². The highest BCUT2D eigenvalue weighted by atomic mass is 32.2. The van der Waals surface area contributed by atoms with E-state index in [2.05, 4.69) is 5.32 Å². The van der Waals surface area contributed by atoms with Crippen molar-refractivity contribution in [2.75, 3.05) is 25.1 Å². The molecule has 0 radical (unpaired) electrons. The van der Waals surface area contributed by atoms with Crippen LogP contribution in [0.4, 0.5) is 10.1 Å². The lowest BCUT2D eigenvalue weighted by molar-refractivity contribution is 0.0913. The molecule has 2 heterocycles. The molecule has 1 aliphatic rings. The molecule has 2 aromatic carbocycles. The van der Waals surface area contributed by atoms with Gasteiger partial charge in [0.25, 0.3) is 5.91 Å². The van der Waals surface area contributed by atoms with E-state index in [4.69, 9.17) is 13.9 Å². The number of carbonyl (C=O) groups excluding carboxylic acids is 1. The third-order valence-corrected chi connectivity index (χ3v) is 7.40. The van der Waals surface area contributed by atoms with Crippen LogP contribution >= 0.6 is 0 Å². The minimum atomic E-state index is -4.31. The quantitative estimate of drug-likeness (QED) is 0.440. The van der Waals surface area contributed by atoms with E-state index in [0.717, 1.165) is 22.9 Å². The second kappa shape index (κ2) is 11.0. The molecule has 0 spiro atoms. The van der Waals surface area contributed by atoms with Gasteiger partial charge in [0.2, 0.25) is 10.0 Å². The van der Waals surface area contributed by atoms with Crippen LogP contribution in [-0.4, -0.2) is 44.5 Å². The van der Waals surface area contributed by atoms with Gasteiger partial charge in [0.05, 0.1) is 25.5 Å². The number of benzene rings is 2. The zero-order valence-electron chi connectivity index (χ0n) is 19.3. The molecular weight excluding hydrogens is 475 g/mol. The predicted molar refractivity (Wildman–Crippen MR) is 127 cm³/mol. The molecule has 186 valence electrons.